The molecule has 1 heterocycles. The molecule has 0 bridgehead atoms. The third-order valence-electron chi connectivity index (χ3n) is 3.95. The summed E-state index contributed by atoms with van der Waals surface area (Å²) in [6.45, 7) is 4.39. The van der Waals surface area contributed by atoms with Crippen LogP contribution in [0.5, 0.6) is 0 Å². The molecule has 3 N–H and O–H groups in total. The Morgan fingerprint density at radius 1 is 1.48 bits per heavy atom. The fourth-order valence-electron chi connectivity index (χ4n) is 2.44. The molecule has 5 nitrogen and oxygen atoms in total. The number of nitrogens with one attached hydrogen (secondary N) is 1. The highest BCUT2D eigenvalue weighted by Gasteiger charge is 2.27. The number of benzene rings is 1. The minimum atomic E-state index is -3.76. The van der Waals surface area contributed by atoms with Gasteiger partial charge >= 0.3 is 0 Å². The van der Waals surface area contributed by atoms with Gasteiger partial charge in [0.05, 0.1) is 11.0 Å². The van der Waals surface area contributed by atoms with Gasteiger partial charge < -0.3 is 10.5 Å². The molecule has 2 unspecified atom stereocenters. The number of rotatable bonds is 5. The Kier molecular flexibility index (Phi) is 4.98. The van der Waals surface area contributed by atoms with Gasteiger partial charge in [-0.05, 0) is 38.0 Å². The summed E-state index contributed by atoms with van der Waals surface area (Å²) in [7, 11) is -3.76. The Labute approximate surface area is 124 Å². The molecular weight excluding hydrogens is 295 g/mol. The highest BCUT2D eigenvalue weighted by molar-refractivity contribution is 7.89. The van der Waals surface area contributed by atoms with Crippen molar-refractivity contribution in [1.82, 2.24) is 4.72 Å². The van der Waals surface area contributed by atoms with E-state index in [-0.39, 0.29) is 35.6 Å². The van der Waals surface area contributed by atoms with Crippen molar-refractivity contribution in [2.45, 2.75) is 37.8 Å². The largest absolute Gasteiger partial charge is 0.378 e. The first-order valence-corrected chi connectivity index (χ1v) is 8.44. The molecule has 2 rings (SSSR count). The fraction of sp³-hybridized carbons (Fsp3) is 0.571. The molecule has 1 aromatic carbocycles. The smallest absolute Gasteiger partial charge is 0.240 e. The Morgan fingerprint density at radius 2 is 2.19 bits per heavy atom. The molecule has 1 aromatic rings. The van der Waals surface area contributed by atoms with Crippen molar-refractivity contribution in [3.8, 4) is 0 Å². The van der Waals surface area contributed by atoms with Gasteiger partial charge in [0, 0.05) is 31.2 Å². The highest BCUT2D eigenvalue weighted by atomic mass is 32.2. The molecule has 1 aliphatic rings. The highest BCUT2D eigenvalue weighted by Crippen LogP contribution is 2.23. The lowest BCUT2D eigenvalue weighted by Gasteiger charge is -2.16. The van der Waals surface area contributed by atoms with Gasteiger partial charge in [0.2, 0.25) is 10.0 Å². The number of sulfonamides is 1. The lowest BCUT2D eigenvalue weighted by molar-refractivity contribution is 0.107. The molecule has 0 amide bonds. The maximum absolute atomic E-state index is 13.8. The molecule has 0 spiro atoms. The second-order valence-corrected chi connectivity index (χ2v) is 7.12. The van der Waals surface area contributed by atoms with Crippen molar-refractivity contribution >= 4 is 10.0 Å². The number of nitrogens with two attached hydrogens (primary N) is 1. The van der Waals surface area contributed by atoms with Crippen LogP contribution < -0.4 is 10.5 Å². The monoisotopic (exact) mass is 316 g/mol. The molecule has 1 aliphatic heterocycles. The molecule has 118 valence electrons. The van der Waals surface area contributed by atoms with Crippen LogP contribution in [-0.4, -0.2) is 27.7 Å². The first-order valence-electron chi connectivity index (χ1n) is 6.95. The van der Waals surface area contributed by atoms with Gasteiger partial charge in [0.15, 0.2) is 0 Å². The van der Waals surface area contributed by atoms with E-state index in [1.54, 1.807) is 0 Å². The van der Waals surface area contributed by atoms with Crippen LogP contribution in [0.4, 0.5) is 4.39 Å². The van der Waals surface area contributed by atoms with Gasteiger partial charge in [-0.15, -0.1) is 0 Å². The van der Waals surface area contributed by atoms with E-state index in [2.05, 4.69) is 4.72 Å². The average molecular weight is 316 g/mol. The lowest BCUT2D eigenvalue weighted by Crippen LogP contribution is -2.32. The zero-order valence-electron chi connectivity index (χ0n) is 12.2. The number of hydrogen-bond acceptors (Lipinski definition) is 4. The van der Waals surface area contributed by atoms with E-state index < -0.39 is 15.8 Å². The molecule has 21 heavy (non-hydrogen) atoms. The minimum absolute atomic E-state index is 0.0286. The summed E-state index contributed by atoms with van der Waals surface area (Å²) < 4.78 is 46.5. The first-order chi connectivity index (χ1) is 9.85. The van der Waals surface area contributed by atoms with E-state index in [4.69, 9.17) is 10.5 Å². The van der Waals surface area contributed by atoms with E-state index in [0.29, 0.717) is 12.2 Å². The van der Waals surface area contributed by atoms with Crippen LogP contribution >= 0.6 is 0 Å². The molecule has 0 aliphatic carbocycles. The van der Waals surface area contributed by atoms with Crippen molar-refractivity contribution in [2.75, 3.05) is 13.2 Å². The first kappa shape index (κ1) is 16.4. The summed E-state index contributed by atoms with van der Waals surface area (Å²) >= 11 is 0. The second kappa shape index (κ2) is 6.39. The number of hydrogen-bond donors (Lipinski definition) is 2. The summed E-state index contributed by atoms with van der Waals surface area (Å²) in [6.07, 6.45) is 0.848. The molecule has 0 radical (unpaired) electrons. The Balaban J connectivity index is 2.21. The molecule has 1 saturated heterocycles. The van der Waals surface area contributed by atoms with Gasteiger partial charge in [-0.2, -0.15) is 0 Å². The molecule has 7 heteroatoms. The van der Waals surface area contributed by atoms with Gasteiger partial charge in [0.1, 0.15) is 5.82 Å². The molecule has 2 atom stereocenters. The Morgan fingerprint density at radius 3 is 2.76 bits per heavy atom. The zero-order valence-corrected chi connectivity index (χ0v) is 13.0. The Bertz CT molecular complexity index is 619. The van der Waals surface area contributed by atoms with Crippen molar-refractivity contribution < 1.29 is 17.5 Å². The minimum Gasteiger partial charge on any atom is -0.378 e. The molecule has 0 saturated carbocycles. The summed E-state index contributed by atoms with van der Waals surface area (Å²) in [4.78, 5) is -0.0467. The molecule has 0 aromatic heterocycles. The van der Waals surface area contributed by atoms with Gasteiger partial charge in [-0.3, -0.25) is 0 Å². The van der Waals surface area contributed by atoms with Gasteiger partial charge in [-0.1, -0.05) is 0 Å². The summed E-state index contributed by atoms with van der Waals surface area (Å²) in [5, 5.41) is 0. The lowest BCUT2D eigenvalue weighted by atomic mass is 10.0. The second-order valence-electron chi connectivity index (χ2n) is 5.38. The van der Waals surface area contributed by atoms with Crippen LogP contribution in [0.3, 0.4) is 0 Å². The van der Waals surface area contributed by atoms with Crippen molar-refractivity contribution in [2.24, 2.45) is 11.7 Å². The maximum atomic E-state index is 13.8. The average Bonchev–Trinajstić information content (AvgIpc) is 2.84. The van der Waals surface area contributed by atoms with Crippen LogP contribution in [0.25, 0.3) is 0 Å². The maximum Gasteiger partial charge on any atom is 0.240 e. The number of halogens is 1. The predicted molar refractivity (Wildman–Crippen MR) is 77.7 cm³/mol. The standard InChI is InChI=1S/C14H21FN2O3S/c1-9-13(15)5-11(7-16)6-14(9)21(18,19)17-8-12-3-4-20-10(12)2/h5-6,10,12,17H,3-4,7-8,16H2,1-2H3. The van der Waals surface area contributed by atoms with Crippen molar-refractivity contribution in [3.05, 3.63) is 29.1 Å². The normalized spacial score (nSPS) is 22.7. The van der Waals surface area contributed by atoms with Crippen LogP contribution in [-0.2, 0) is 21.3 Å². The zero-order chi connectivity index (χ0) is 15.6. The van der Waals surface area contributed by atoms with Crippen molar-refractivity contribution in [1.29, 1.82) is 0 Å². The van der Waals surface area contributed by atoms with Gasteiger partial charge in [-0.25, -0.2) is 17.5 Å². The predicted octanol–water partition coefficient (Wildman–Crippen LogP) is 1.30. The van der Waals surface area contributed by atoms with E-state index >= 15 is 0 Å². The van der Waals surface area contributed by atoms with E-state index in [1.165, 1.54) is 19.1 Å². The van der Waals surface area contributed by atoms with Crippen LogP contribution in [0.2, 0.25) is 0 Å². The summed E-state index contributed by atoms with van der Waals surface area (Å²) in [5.74, 6) is -0.418. The Hall–Kier alpha value is -1.02. The van der Waals surface area contributed by atoms with Crippen LogP contribution in [0.1, 0.15) is 24.5 Å². The quantitative estimate of drug-likeness (QED) is 0.858. The van der Waals surface area contributed by atoms with Crippen molar-refractivity contribution in [3.63, 3.8) is 0 Å². The van der Waals surface area contributed by atoms with E-state index in [0.717, 1.165) is 6.42 Å². The van der Waals surface area contributed by atoms with Gasteiger partial charge in [0.25, 0.3) is 0 Å². The molecular formula is C14H21FN2O3S. The van der Waals surface area contributed by atoms with E-state index in [1.807, 2.05) is 6.92 Å². The topological polar surface area (TPSA) is 81.4 Å². The molecule has 1 fully saturated rings. The summed E-state index contributed by atoms with van der Waals surface area (Å²) in [5.41, 5.74) is 6.04. The van der Waals surface area contributed by atoms with Crippen LogP contribution in [0.15, 0.2) is 17.0 Å². The SMILES string of the molecule is Cc1c(F)cc(CN)cc1S(=O)(=O)NCC1CCOC1C. The fourth-order valence-corrected chi connectivity index (χ4v) is 3.84. The number of ether oxygens (including phenoxy) is 1. The third-order valence-corrected chi connectivity index (χ3v) is 5.50. The summed E-state index contributed by atoms with van der Waals surface area (Å²) in [6, 6.07) is 2.69. The third kappa shape index (κ3) is 3.60. The van der Waals surface area contributed by atoms with E-state index in [9.17, 15) is 12.8 Å². The van der Waals surface area contributed by atoms with Crippen LogP contribution in [0, 0.1) is 18.7 Å².